The van der Waals surface area contributed by atoms with E-state index in [1.807, 2.05) is 67.0 Å². The van der Waals surface area contributed by atoms with E-state index in [0.717, 1.165) is 28.5 Å². The zero-order valence-corrected chi connectivity index (χ0v) is 14.2. The molecule has 2 aliphatic rings. The second kappa shape index (κ2) is 6.27. The predicted octanol–water partition coefficient (Wildman–Crippen LogP) is 5.41. The van der Waals surface area contributed by atoms with Crippen LogP contribution in [0.25, 0.3) is 22.8 Å². The average molecular weight is 354 g/mol. The number of hydrogen-bond donors (Lipinski definition) is 0. The van der Waals surface area contributed by atoms with Gasteiger partial charge in [-0.2, -0.15) is 0 Å². The van der Waals surface area contributed by atoms with Crippen LogP contribution in [-0.2, 0) is 6.54 Å². The van der Waals surface area contributed by atoms with E-state index in [-0.39, 0.29) is 0 Å². The van der Waals surface area contributed by atoms with Crippen LogP contribution in [0.4, 0.5) is 0 Å². The number of aromatic nitrogens is 3. The molecular formula is C19H13Cl2N3. The van der Waals surface area contributed by atoms with Crippen LogP contribution in [-0.4, -0.2) is 14.5 Å². The van der Waals surface area contributed by atoms with Gasteiger partial charge < -0.3 is 4.57 Å². The van der Waals surface area contributed by atoms with Gasteiger partial charge >= 0.3 is 0 Å². The summed E-state index contributed by atoms with van der Waals surface area (Å²) in [4.78, 5) is 9.21. The minimum Gasteiger partial charge on any atom is -0.348 e. The summed E-state index contributed by atoms with van der Waals surface area (Å²) < 4.78 is 2.09. The first-order valence-corrected chi connectivity index (χ1v) is 8.27. The molecule has 118 valence electrons. The van der Waals surface area contributed by atoms with E-state index in [2.05, 4.69) is 14.5 Å². The molecule has 3 nitrogen and oxygen atoms in total. The van der Waals surface area contributed by atoms with Gasteiger partial charge in [-0.15, -0.1) is 0 Å². The van der Waals surface area contributed by atoms with Crippen LogP contribution in [0.3, 0.4) is 0 Å². The van der Waals surface area contributed by atoms with E-state index in [1.54, 1.807) is 0 Å². The minimum absolute atomic E-state index is 0.680. The number of halogens is 2. The molecule has 0 spiro atoms. The quantitative estimate of drug-likeness (QED) is 0.493. The molecule has 2 aliphatic heterocycles. The fraction of sp³-hybridized carbons (Fsp3) is 0.0526. The largest absolute Gasteiger partial charge is 0.348 e. The van der Waals surface area contributed by atoms with Crippen molar-refractivity contribution < 1.29 is 0 Å². The fourth-order valence-corrected chi connectivity index (χ4v) is 2.92. The molecule has 24 heavy (non-hydrogen) atoms. The third-order valence-corrected chi connectivity index (χ3v) is 4.28. The number of pyridine rings is 1. The van der Waals surface area contributed by atoms with Crippen LogP contribution in [0.5, 0.6) is 0 Å². The lowest BCUT2D eigenvalue weighted by Crippen LogP contribution is -2.00. The second-order valence-corrected chi connectivity index (χ2v) is 6.44. The van der Waals surface area contributed by atoms with Gasteiger partial charge in [-0.3, -0.25) is 0 Å². The van der Waals surface area contributed by atoms with Gasteiger partial charge in [0.05, 0.1) is 5.69 Å². The van der Waals surface area contributed by atoms with E-state index < -0.39 is 0 Å². The van der Waals surface area contributed by atoms with Crippen LogP contribution in [0.1, 0.15) is 5.56 Å². The Balaban J connectivity index is 1.66. The number of benzene rings is 2. The Morgan fingerprint density at radius 2 is 1.62 bits per heavy atom. The van der Waals surface area contributed by atoms with Crippen molar-refractivity contribution in [2.75, 3.05) is 0 Å². The summed E-state index contributed by atoms with van der Waals surface area (Å²) in [5, 5.41) is 1.42. The molecule has 0 radical (unpaired) electrons. The van der Waals surface area contributed by atoms with Gasteiger partial charge in [-0.1, -0.05) is 47.5 Å². The molecule has 0 atom stereocenters. The van der Waals surface area contributed by atoms with Gasteiger partial charge in [0.1, 0.15) is 5.69 Å². The first-order valence-electron chi connectivity index (χ1n) is 7.51. The maximum absolute atomic E-state index is 6.05. The second-order valence-electron chi connectivity index (χ2n) is 5.57. The molecule has 0 unspecified atom stereocenters. The van der Waals surface area contributed by atoms with Crippen molar-refractivity contribution in [2.24, 2.45) is 0 Å². The third kappa shape index (κ3) is 3.14. The number of hydrogen-bond acceptors (Lipinski definition) is 2. The van der Waals surface area contributed by atoms with Crippen LogP contribution < -0.4 is 0 Å². The number of fused-ring (bicyclic) bond motifs is 1. The van der Waals surface area contributed by atoms with E-state index in [1.165, 1.54) is 5.56 Å². The molecule has 0 fully saturated rings. The highest BCUT2D eigenvalue weighted by Gasteiger charge is 2.12. The van der Waals surface area contributed by atoms with Crippen molar-refractivity contribution in [3.63, 3.8) is 0 Å². The van der Waals surface area contributed by atoms with Crippen LogP contribution >= 0.6 is 23.2 Å². The van der Waals surface area contributed by atoms with E-state index in [0.29, 0.717) is 10.8 Å². The highest BCUT2D eigenvalue weighted by molar-refractivity contribution is 6.31. The molecule has 0 N–H and O–H groups in total. The lowest BCUT2D eigenvalue weighted by atomic mass is 10.2. The zero-order chi connectivity index (χ0) is 16.5. The third-order valence-electron chi connectivity index (χ3n) is 3.79. The number of imidazole rings is 1. The first kappa shape index (κ1) is 15.2. The molecule has 0 aliphatic carbocycles. The van der Waals surface area contributed by atoms with Gasteiger partial charge in [-0.25, -0.2) is 9.97 Å². The molecule has 0 saturated carbocycles. The average Bonchev–Trinajstić information content (AvgIpc) is 3.00. The minimum atomic E-state index is 0.680. The van der Waals surface area contributed by atoms with Gasteiger partial charge in [0.2, 0.25) is 0 Å². The van der Waals surface area contributed by atoms with Crippen LogP contribution in [0, 0.1) is 0 Å². The number of rotatable bonds is 3. The fourth-order valence-electron chi connectivity index (χ4n) is 2.61. The monoisotopic (exact) mass is 353 g/mol. The molecule has 4 rings (SSSR count). The molecule has 2 heterocycles. The van der Waals surface area contributed by atoms with Gasteiger partial charge in [0.25, 0.3) is 0 Å². The molecular weight excluding hydrogens is 341 g/mol. The standard InChI is InChI=1S/C19H13Cl2N3/c20-15-6-4-13(5-7-15)11-24-9-8-17-18(12-24)23-19(22-17)14-2-1-3-16(21)10-14/h1-10,12H,11H2. The zero-order valence-electron chi connectivity index (χ0n) is 12.7. The molecule has 0 amide bonds. The predicted molar refractivity (Wildman–Crippen MR) is 97.6 cm³/mol. The first-order chi connectivity index (χ1) is 11.7. The lowest BCUT2D eigenvalue weighted by molar-refractivity contribution is 0.789. The number of nitrogens with zero attached hydrogens (tertiary/aromatic N) is 3. The smallest absolute Gasteiger partial charge is 0.160 e. The van der Waals surface area contributed by atoms with Gasteiger partial charge in [-0.05, 0) is 35.9 Å². The summed E-state index contributed by atoms with van der Waals surface area (Å²) in [5.41, 5.74) is 3.83. The summed E-state index contributed by atoms with van der Waals surface area (Å²) in [6.45, 7) is 0.756. The maximum atomic E-state index is 6.05. The van der Waals surface area contributed by atoms with E-state index in [4.69, 9.17) is 23.2 Å². The Morgan fingerprint density at radius 3 is 2.42 bits per heavy atom. The summed E-state index contributed by atoms with van der Waals surface area (Å²) in [6, 6.07) is 17.4. The Bertz CT molecular complexity index is 961. The molecule has 0 aromatic heterocycles. The Labute approximate surface area is 149 Å². The van der Waals surface area contributed by atoms with Gasteiger partial charge in [0, 0.05) is 34.5 Å². The summed E-state index contributed by atoms with van der Waals surface area (Å²) >= 11 is 12.0. The van der Waals surface area contributed by atoms with Crippen molar-refractivity contribution in [1.82, 2.24) is 14.5 Å². The molecule has 0 saturated heterocycles. The molecule has 5 heteroatoms. The topological polar surface area (TPSA) is 30.7 Å². The van der Waals surface area contributed by atoms with E-state index >= 15 is 0 Å². The van der Waals surface area contributed by atoms with Crippen molar-refractivity contribution in [1.29, 1.82) is 0 Å². The summed E-state index contributed by atoms with van der Waals surface area (Å²) in [5.74, 6) is 0.691. The molecule has 2 aromatic carbocycles. The van der Waals surface area contributed by atoms with Crippen LogP contribution in [0.15, 0.2) is 67.0 Å². The SMILES string of the molecule is Clc1ccc(Cn2ccc3nc(-c4cccc(Cl)c4)nc-3c2)cc1. The summed E-state index contributed by atoms with van der Waals surface area (Å²) in [7, 11) is 0. The van der Waals surface area contributed by atoms with Crippen molar-refractivity contribution in [3.05, 3.63) is 82.6 Å². The Hall–Kier alpha value is -2.36. The Kier molecular flexibility index (Phi) is 3.97. The summed E-state index contributed by atoms with van der Waals surface area (Å²) in [6.07, 6.45) is 4.01. The van der Waals surface area contributed by atoms with Crippen molar-refractivity contribution >= 4 is 23.2 Å². The van der Waals surface area contributed by atoms with E-state index in [9.17, 15) is 0 Å². The van der Waals surface area contributed by atoms with Crippen LogP contribution in [0.2, 0.25) is 10.0 Å². The highest BCUT2D eigenvalue weighted by atomic mass is 35.5. The normalized spacial score (nSPS) is 11.1. The van der Waals surface area contributed by atoms with Gasteiger partial charge in [0.15, 0.2) is 5.82 Å². The lowest BCUT2D eigenvalue weighted by Gasteiger charge is -2.08. The Morgan fingerprint density at radius 1 is 0.833 bits per heavy atom. The molecule has 0 bridgehead atoms. The molecule has 2 aromatic rings. The highest BCUT2D eigenvalue weighted by Crippen LogP contribution is 2.26. The maximum Gasteiger partial charge on any atom is 0.160 e. The van der Waals surface area contributed by atoms with Crippen molar-refractivity contribution in [2.45, 2.75) is 6.54 Å². The van der Waals surface area contributed by atoms with Crippen molar-refractivity contribution in [3.8, 4) is 22.8 Å².